The van der Waals surface area contributed by atoms with E-state index < -0.39 is 0 Å². The number of fused-ring (bicyclic) bond motifs is 1. The Morgan fingerprint density at radius 3 is 2.94 bits per heavy atom. The molecule has 0 aliphatic rings. The summed E-state index contributed by atoms with van der Waals surface area (Å²) in [6.07, 6.45) is 1.25. The number of aromatic hydroxyl groups is 1. The minimum absolute atomic E-state index is 0.113. The van der Waals surface area contributed by atoms with Crippen molar-refractivity contribution in [2.45, 2.75) is 0 Å². The zero-order valence-electron chi connectivity index (χ0n) is 8.34. The molecular weight excluding hydrogens is 212 g/mol. The monoisotopic (exact) mass is 222 g/mol. The maximum Gasteiger partial charge on any atom is 0.196 e. The van der Waals surface area contributed by atoms with Crippen LogP contribution in [0, 0.1) is 0 Å². The van der Waals surface area contributed by atoms with Crippen LogP contribution in [0.5, 0.6) is 11.5 Å². The lowest BCUT2D eigenvalue weighted by Gasteiger charge is -2.06. The predicted octanol–water partition coefficient (Wildman–Crippen LogP) is 0.870. The quantitative estimate of drug-likeness (QED) is 0.805. The predicted molar refractivity (Wildman–Crippen MR) is 56.7 cm³/mol. The van der Waals surface area contributed by atoms with Gasteiger partial charge in [0, 0.05) is 18.2 Å². The van der Waals surface area contributed by atoms with E-state index in [1.165, 1.54) is 24.5 Å². The van der Waals surface area contributed by atoms with Crippen LogP contribution in [-0.4, -0.2) is 23.4 Å². The first-order chi connectivity index (χ1) is 7.72. The molecule has 0 radical (unpaired) electrons. The molecule has 16 heavy (non-hydrogen) atoms. The van der Waals surface area contributed by atoms with Gasteiger partial charge in [0.05, 0.1) is 12.9 Å². The van der Waals surface area contributed by atoms with Crippen LogP contribution < -0.4 is 10.2 Å². The third kappa shape index (κ3) is 1.85. The van der Waals surface area contributed by atoms with Crippen molar-refractivity contribution < 1.29 is 19.4 Å². The number of hydrogen-bond acceptors (Lipinski definition) is 5. The van der Waals surface area contributed by atoms with Crippen LogP contribution in [0.25, 0.3) is 11.0 Å². The molecule has 1 aromatic carbocycles. The van der Waals surface area contributed by atoms with E-state index in [4.69, 9.17) is 14.3 Å². The topological polar surface area (TPSA) is 79.9 Å². The van der Waals surface area contributed by atoms with Gasteiger partial charge < -0.3 is 19.4 Å². The fraction of sp³-hybridized carbons (Fsp3) is 0.182. The number of ether oxygens (including phenoxy) is 1. The van der Waals surface area contributed by atoms with E-state index in [1.807, 2.05) is 0 Å². The first-order valence-electron chi connectivity index (χ1n) is 4.70. The number of phenolic OH excluding ortho intramolecular Hbond substituents is 1. The standard InChI is InChI=1S/C11H10O5/c12-2-4-15-7-5-9(14)11-8(13)1-3-16-10(11)6-7/h1,3,5-6,12,14H,2,4H2. The summed E-state index contributed by atoms with van der Waals surface area (Å²) < 4.78 is 10.2. The Kier molecular flexibility index (Phi) is 2.78. The number of benzene rings is 1. The highest BCUT2D eigenvalue weighted by Gasteiger charge is 2.08. The first kappa shape index (κ1) is 10.5. The first-order valence-corrected chi connectivity index (χ1v) is 4.70. The Morgan fingerprint density at radius 1 is 1.38 bits per heavy atom. The van der Waals surface area contributed by atoms with Crippen molar-refractivity contribution in [3.05, 3.63) is 34.7 Å². The normalized spacial score (nSPS) is 10.6. The maximum absolute atomic E-state index is 11.4. The summed E-state index contributed by atoms with van der Waals surface area (Å²) in [7, 11) is 0. The van der Waals surface area contributed by atoms with Gasteiger partial charge in [0.15, 0.2) is 5.43 Å². The highest BCUT2D eigenvalue weighted by Crippen LogP contribution is 2.27. The molecule has 1 aromatic heterocycles. The van der Waals surface area contributed by atoms with Crippen LogP contribution >= 0.6 is 0 Å². The van der Waals surface area contributed by atoms with E-state index in [9.17, 15) is 9.90 Å². The van der Waals surface area contributed by atoms with E-state index in [0.717, 1.165) is 0 Å². The van der Waals surface area contributed by atoms with Crippen LogP contribution in [0.2, 0.25) is 0 Å². The van der Waals surface area contributed by atoms with Gasteiger partial charge in [0.2, 0.25) is 0 Å². The Hall–Kier alpha value is -2.01. The third-order valence-electron chi connectivity index (χ3n) is 2.08. The van der Waals surface area contributed by atoms with Crippen molar-refractivity contribution in [2.24, 2.45) is 0 Å². The average Bonchev–Trinajstić information content (AvgIpc) is 2.26. The van der Waals surface area contributed by atoms with Crippen molar-refractivity contribution in [1.29, 1.82) is 0 Å². The van der Waals surface area contributed by atoms with Crippen LogP contribution in [-0.2, 0) is 0 Å². The van der Waals surface area contributed by atoms with Crippen LogP contribution in [0.3, 0.4) is 0 Å². The molecule has 0 spiro atoms. The molecule has 2 aromatic rings. The molecule has 5 heteroatoms. The van der Waals surface area contributed by atoms with Gasteiger partial charge in [-0.05, 0) is 0 Å². The number of aliphatic hydroxyl groups is 1. The molecule has 5 nitrogen and oxygen atoms in total. The summed E-state index contributed by atoms with van der Waals surface area (Å²) >= 11 is 0. The fourth-order valence-corrected chi connectivity index (χ4v) is 1.42. The molecule has 1 heterocycles. The molecule has 0 saturated heterocycles. The third-order valence-corrected chi connectivity index (χ3v) is 2.08. The molecule has 0 saturated carbocycles. The van der Waals surface area contributed by atoms with E-state index in [-0.39, 0.29) is 35.4 Å². The Bertz CT molecular complexity index is 558. The van der Waals surface area contributed by atoms with E-state index in [2.05, 4.69) is 0 Å². The molecule has 0 unspecified atom stereocenters. The molecule has 0 atom stereocenters. The van der Waals surface area contributed by atoms with E-state index in [1.54, 1.807) is 0 Å². The summed E-state index contributed by atoms with van der Waals surface area (Å²) in [5, 5.41) is 18.3. The summed E-state index contributed by atoms with van der Waals surface area (Å²) in [4.78, 5) is 11.4. The van der Waals surface area contributed by atoms with Gasteiger partial charge in [-0.25, -0.2) is 0 Å². The molecular formula is C11H10O5. The lowest BCUT2D eigenvalue weighted by atomic mass is 10.2. The Balaban J connectivity index is 2.55. The molecule has 0 bridgehead atoms. The number of hydrogen-bond donors (Lipinski definition) is 2. The summed E-state index contributed by atoms with van der Waals surface area (Å²) in [6.45, 7) is -0.0143. The zero-order valence-corrected chi connectivity index (χ0v) is 8.34. The molecule has 2 N–H and O–H groups in total. The largest absolute Gasteiger partial charge is 0.507 e. The van der Waals surface area contributed by atoms with Crippen molar-refractivity contribution in [3.63, 3.8) is 0 Å². The second kappa shape index (κ2) is 4.24. The highest BCUT2D eigenvalue weighted by molar-refractivity contribution is 5.84. The van der Waals surface area contributed by atoms with E-state index >= 15 is 0 Å². The van der Waals surface area contributed by atoms with Gasteiger partial charge in [-0.1, -0.05) is 0 Å². The molecule has 0 amide bonds. The van der Waals surface area contributed by atoms with Gasteiger partial charge in [-0.2, -0.15) is 0 Å². The van der Waals surface area contributed by atoms with Gasteiger partial charge in [0.1, 0.15) is 29.1 Å². The minimum atomic E-state index is -0.313. The number of phenols is 1. The molecule has 84 valence electrons. The minimum Gasteiger partial charge on any atom is -0.507 e. The summed E-state index contributed by atoms with van der Waals surface area (Å²) in [5.74, 6) is 0.146. The molecule has 0 fully saturated rings. The molecule has 0 aliphatic heterocycles. The Morgan fingerprint density at radius 2 is 2.19 bits per heavy atom. The van der Waals surface area contributed by atoms with Gasteiger partial charge in [0.25, 0.3) is 0 Å². The van der Waals surface area contributed by atoms with Gasteiger partial charge >= 0.3 is 0 Å². The van der Waals surface area contributed by atoms with Crippen LogP contribution in [0.1, 0.15) is 0 Å². The number of aliphatic hydroxyl groups excluding tert-OH is 1. The van der Waals surface area contributed by atoms with Gasteiger partial charge in [-0.3, -0.25) is 4.79 Å². The van der Waals surface area contributed by atoms with Crippen LogP contribution in [0.15, 0.2) is 33.7 Å². The van der Waals surface area contributed by atoms with E-state index in [0.29, 0.717) is 5.75 Å². The highest BCUT2D eigenvalue weighted by atomic mass is 16.5. The van der Waals surface area contributed by atoms with Crippen molar-refractivity contribution in [1.82, 2.24) is 0 Å². The second-order valence-corrected chi connectivity index (χ2v) is 3.17. The second-order valence-electron chi connectivity index (χ2n) is 3.17. The van der Waals surface area contributed by atoms with Crippen molar-refractivity contribution in [3.8, 4) is 11.5 Å². The maximum atomic E-state index is 11.4. The summed E-state index contributed by atoms with van der Waals surface area (Å²) in [6, 6.07) is 4.04. The lowest BCUT2D eigenvalue weighted by molar-refractivity contribution is 0.201. The number of rotatable bonds is 3. The Labute approximate surface area is 90.5 Å². The van der Waals surface area contributed by atoms with Crippen molar-refractivity contribution >= 4 is 11.0 Å². The average molecular weight is 222 g/mol. The van der Waals surface area contributed by atoms with Gasteiger partial charge in [-0.15, -0.1) is 0 Å². The summed E-state index contributed by atoms with van der Waals surface area (Å²) in [5.41, 5.74) is -0.0621. The molecule has 0 aliphatic carbocycles. The zero-order chi connectivity index (χ0) is 11.5. The SMILES string of the molecule is O=c1ccoc2cc(OCCO)cc(O)c12. The smallest absolute Gasteiger partial charge is 0.196 e. The lowest BCUT2D eigenvalue weighted by Crippen LogP contribution is -2.03. The molecule has 2 rings (SSSR count). The van der Waals surface area contributed by atoms with Crippen LogP contribution in [0.4, 0.5) is 0 Å². The fourth-order valence-electron chi connectivity index (χ4n) is 1.42. The van der Waals surface area contributed by atoms with Crippen molar-refractivity contribution in [2.75, 3.05) is 13.2 Å².